The molecule has 2 heteroatoms. The maximum atomic E-state index is 4.08. The number of nitrogens with zero attached hydrogens (tertiary/aromatic N) is 1. The number of rotatable bonds is 3. The highest BCUT2D eigenvalue weighted by molar-refractivity contribution is 5.50. The number of anilines is 1. The Kier molecular flexibility index (Phi) is 3.09. The van der Waals surface area contributed by atoms with E-state index in [1.165, 1.54) is 5.56 Å². The van der Waals surface area contributed by atoms with Gasteiger partial charge in [-0.15, -0.1) is 0 Å². The van der Waals surface area contributed by atoms with E-state index in [0.717, 1.165) is 12.2 Å². The van der Waals surface area contributed by atoms with Gasteiger partial charge in [0.2, 0.25) is 0 Å². The van der Waals surface area contributed by atoms with Gasteiger partial charge >= 0.3 is 0 Å². The van der Waals surface area contributed by atoms with Crippen molar-refractivity contribution in [1.29, 1.82) is 0 Å². The smallest absolute Gasteiger partial charge is 0.0561 e. The Morgan fingerprint density at radius 2 is 2.25 bits per heavy atom. The minimum Gasteiger partial charge on any atom is -0.384 e. The summed E-state index contributed by atoms with van der Waals surface area (Å²) in [6, 6.07) is 2.07. The zero-order chi connectivity index (χ0) is 8.97. The highest BCUT2D eigenvalue weighted by Gasteiger charge is 2.03. The summed E-state index contributed by atoms with van der Waals surface area (Å²) in [6.45, 7) is 7.43. The molecule has 0 amide bonds. The van der Waals surface area contributed by atoms with Crippen LogP contribution in [0.25, 0.3) is 0 Å². The van der Waals surface area contributed by atoms with E-state index >= 15 is 0 Å². The van der Waals surface area contributed by atoms with E-state index in [0.29, 0.717) is 5.92 Å². The molecule has 0 atom stereocenters. The largest absolute Gasteiger partial charge is 0.384 e. The molecule has 0 aliphatic rings. The van der Waals surface area contributed by atoms with Crippen molar-refractivity contribution in [3.05, 3.63) is 24.0 Å². The zero-order valence-corrected chi connectivity index (χ0v) is 7.96. The third-order valence-electron chi connectivity index (χ3n) is 1.84. The Bertz CT molecular complexity index is 243. The molecule has 1 aromatic heterocycles. The van der Waals surface area contributed by atoms with Crippen LogP contribution in [0.15, 0.2) is 18.5 Å². The number of pyridine rings is 1. The standard InChI is InChI=1S/C10H16N2/c1-4-12-10-7-11-6-5-9(10)8(2)3/h5-8,12H,4H2,1-3H3. The Balaban J connectivity index is 2.92. The third kappa shape index (κ3) is 1.97. The molecule has 1 aromatic rings. The van der Waals surface area contributed by atoms with Gasteiger partial charge in [0.15, 0.2) is 0 Å². The monoisotopic (exact) mass is 164 g/mol. The predicted molar refractivity (Wildman–Crippen MR) is 52.5 cm³/mol. The fourth-order valence-corrected chi connectivity index (χ4v) is 1.25. The summed E-state index contributed by atoms with van der Waals surface area (Å²) in [6.07, 6.45) is 3.73. The van der Waals surface area contributed by atoms with E-state index in [4.69, 9.17) is 0 Å². The fraction of sp³-hybridized carbons (Fsp3) is 0.500. The first-order chi connectivity index (χ1) is 5.75. The zero-order valence-electron chi connectivity index (χ0n) is 7.96. The molecule has 0 fully saturated rings. The van der Waals surface area contributed by atoms with Crippen LogP contribution in [-0.2, 0) is 0 Å². The SMILES string of the molecule is CCNc1cnccc1C(C)C. The van der Waals surface area contributed by atoms with Crippen LogP contribution in [0.4, 0.5) is 5.69 Å². The van der Waals surface area contributed by atoms with Crippen molar-refractivity contribution in [3.63, 3.8) is 0 Å². The Hall–Kier alpha value is -1.05. The Morgan fingerprint density at radius 1 is 1.50 bits per heavy atom. The first-order valence-electron chi connectivity index (χ1n) is 4.43. The molecule has 0 aromatic carbocycles. The molecule has 0 aliphatic carbocycles. The lowest BCUT2D eigenvalue weighted by molar-refractivity contribution is 0.863. The van der Waals surface area contributed by atoms with Gasteiger partial charge in [-0.2, -0.15) is 0 Å². The van der Waals surface area contributed by atoms with Gasteiger partial charge in [0.05, 0.1) is 11.9 Å². The van der Waals surface area contributed by atoms with Gasteiger partial charge in [-0.25, -0.2) is 0 Å². The number of nitrogens with one attached hydrogen (secondary N) is 1. The normalized spacial score (nSPS) is 10.3. The molecule has 0 saturated carbocycles. The van der Waals surface area contributed by atoms with Gasteiger partial charge in [-0.3, -0.25) is 4.98 Å². The highest BCUT2D eigenvalue weighted by atomic mass is 14.9. The van der Waals surface area contributed by atoms with E-state index in [1.807, 2.05) is 12.4 Å². The molecular formula is C10H16N2. The van der Waals surface area contributed by atoms with Gasteiger partial charge in [0.1, 0.15) is 0 Å². The van der Waals surface area contributed by atoms with Crippen molar-refractivity contribution >= 4 is 5.69 Å². The first kappa shape index (κ1) is 9.04. The molecule has 1 rings (SSSR count). The number of aromatic nitrogens is 1. The first-order valence-corrected chi connectivity index (χ1v) is 4.43. The molecule has 0 radical (unpaired) electrons. The summed E-state index contributed by atoms with van der Waals surface area (Å²) in [5.41, 5.74) is 2.50. The molecule has 0 saturated heterocycles. The van der Waals surface area contributed by atoms with Crippen molar-refractivity contribution in [2.24, 2.45) is 0 Å². The van der Waals surface area contributed by atoms with Crippen LogP contribution in [0.3, 0.4) is 0 Å². The third-order valence-corrected chi connectivity index (χ3v) is 1.84. The van der Waals surface area contributed by atoms with Crippen molar-refractivity contribution in [2.45, 2.75) is 26.7 Å². The van der Waals surface area contributed by atoms with E-state index in [9.17, 15) is 0 Å². The summed E-state index contributed by atoms with van der Waals surface area (Å²) < 4.78 is 0. The summed E-state index contributed by atoms with van der Waals surface area (Å²) in [7, 11) is 0. The highest BCUT2D eigenvalue weighted by Crippen LogP contribution is 2.21. The van der Waals surface area contributed by atoms with E-state index in [-0.39, 0.29) is 0 Å². The van der Waals surface area contributed by atoms with Gasteiger partial charge in [0.25, 0.3) is 0 Å². The second-order valence-electron chi connectivity index (χ2n) is 3.15. The lowest BCUT2D eigenvalue weighted by atomic mass is 10.0. The van der Waals surface area contributed by atoms with Crippen LogP contribution < -0.4 is 5.32 Å². The van der Waals surface area contributed by atoms with E-state index in [1.54, 1.807) is 0 Å². The maximum Gasteiger partial charge on any atom is 0.0561 e. The van der Waals surface area contributed by atoms with Gasteiger partial charge in [-0.05, 0) is 24.5 Å². The fourth-order valence-electron chi connectivity index (χ4n) is 1.25. The molecule has 1 heterocycles. The molecule has 0 bridgehead atoms. The lowest BCUT2D eigenvalue weighted by Crippen LogP contribution is -2.02. The minimum absolute atomic E-state index is 0.557. The summed E-state index contributed by atoms with van der Waals surface area (Å²) in [4.78, 5) is 4.08. The molecular weight excluding hydrogens is 148 g/mol. The molecule has 2 nitrogen and oxygen atoms in total. The number of hydrogen-bond acceptors (Lipinski definition) is 2. The molecule has 0 aliphatic heterocycles. The van der Waals surface area contributed by atoms with Crippen LogP contribution in [0.2, 0.25) is 0 Å². The molecule has 12 heavy (non-hydrogen) atoms. The Morgan fingerprint density at radius 3 is 2.83 bits per heavy atom. The molecule has 66 valence electrons. The van der Waals surface area contributed by atoms with Crippen LogP contribution in [-0.4, -0.2) is 11.5 Å². The molecule has 0 unspecified atom stereocenters. The number of hydrogen-bond donors (Lipinski definition) is 1. The summed E-state index contributed by atoms with van der Waals surface area (Å²) in [5.74, 6) is 0.557. The minimum atomic E-state index is 0.557. The average molecular weight is 164 g/mol. The second-order valence-corrected chi connectivity index (χ2v) is 3.15. The van der Waals surface area contributed by atoms with Crippen molar-refractivity contribution in [1.82, 2.24) is 4.98 Å². The summed E-state index contributed by atoms with van der Waals surface area (Å²) >= 11 is 0. The van der Waals surface area contributed by atoms with Gasteiger partial charge in [0, 0.05) is 12.7 Å². The van der Waals surface area contributed by atoms with Crippen molar-refractivity contribution in [3.8, 4) is 0 Å². The van der Waals surface area contributed by atoms with Gasteiger partial charge in [-0.1, -0.05) is 13.8 Å². The Labute approximate surface area is 74.0 Å². The van der Waals surface area contributed by atoms with Crippen LogP contribution in [0.1, 0.15) is 32.3 Å². The van der Waals surface area contributed by atoms with Crippen molar-refractivity contribution in [2.75, 3.05) is 11.9 Å². The quantitative estimate of drug-likeness (QED) is 0.742. The van der Waals surface area contributed by atoms with Gasteiger partial charge < -0.3 is 5.32 Å². The summed E-state index contributed by atoms with van der Waals surface area (Å²) in [5, 5.41) is 3.29. The average Bonchev–Trinajstić information content (AvgIpc) is 2.05. The second kappa shape index (κ2) is 4.10. The topological polar surface area (TPSA) is 24.9 Å². The molecule has 0 spiro atoms. The predicted octanol–water partition coefficient (Wildman–Crippen LogP) is 2.64. The van der Waals surface area contributed by atoms with E-state index in [2.05, 4.69) is 37.1 Å². The van der Waals surface area contributed by atoms with E-state index < -0.39 is 0 Å². The molecule has 1 N–H and O–H groups in total. The van der Waals surface area contributed by atoms with Crippen LogP contribution in [0, 0.1) is 0 Å². The van der Waals surface area contributed by atoms with Crippen LogP contribution >= 0.6 is 0 Å². The maximum absolute atomic E-state index is 4.08. The van der Waals surface area contributed by atoms with Crippen LogP contribution in [0.5, 0.6) is 0 Å². The van der Waals surface area contributed by atoms with Crippen molar-refractivity contribution < 1.29 is 0 Å². The lowest BCUT2D eigenvalue weighted by Gasteiger charge is -2.12.